The monoisotopic (exact) mass is 285 g/mol. The van der Waals surface area contributed by atoms with Crippen LogP contribution in [0.25, 0.3) is 0 Å². The summed E-state index contributed by atoms with van der Waals surface area (Å²) in [7, 11) is -3.58. The highest BCUT2D eigenvalue weighted by molar-refractivity contribution is 7.89. The van der Waals surface area contributed by atoms with Crippen LogP contribution in [0.15, 0.2) is 29.2 Å². The van der Waals surface area contributed by atoms with Crippen LogP contribution in [-0.4, -0.2) is 25.3 Å². The van der Waals surface area contributed by atoms with Crippen LogP contribution in [0.2, 0.25) is 0 Å². The Morgan fingerprint density at radius 3 is 2.53 bits per heavy atom. The van der Waals surface area contributed by atoms with Gasteiger partial charge in [-0.1, -0.05) is 32.3 Å². The standard InChI is InChI=1S/C14H20FNO2S/c1-2-16(13-8-4-3-5-9-13)19(17,18)14-10-6-7-12(15)11-14/h6-7,10-11,13H,2-5,8-9H2,1H3. The molecule has 0 N–H and O–H groups in total. The van der Waals surface area contributed by atoms with Gasteiger partial charge >= 0.3 is 0 Å². The molecule has 1 aromatic carbocycles. The van der Waals surface area contributed by atoms with E-state index in [4.69, 9.17) is 0 Å². The second-order valence-corrected chi connectivity index (χ2v) is 6.85. The SMILES string of the molecule is CCN(C1CCCCC1)S(=O)(=O)c1cccc(F)c1. The Labute approximate surface area is 114 Å². The largest absolute Gasteiger partial charge is 0.243 e. The fourth-order valence-electron chi connectivity index (χ4n) is 2.76. The molecule has 0 radical (unpaired) electrons. The molecule has 0 saturated heterocycles. The van der Waals surface area contributed by atoms with Gasteiger partial charge in [0.15, 0.2) is 0 Å². The van der Waals surface area contributed by atoms with Crippen molar-refractivity contribution in [2.24, 2.45) is 0 Å². The predicted octanol–water partition coefficient (Wildman–Crippen LogP) is 3.17. The first kappa shape index (κ1) is 14.5. The van der Waals surface area contributed by atoms with Gasteiger partial charge in [0.1, 0.15) is 5.82 Å². The summed E-state index contributed by atoms with van der Waals surface area (Å²) in [6, 6.07) is 5.32. The van der Waals surface area contributed by atoms with E-state index >= 15 is 0 Å². The van der Waals surface area contributed by atoms with Gasteiger partial charge in [-0.15, -0.1) is 0 Å². The minimum Gasteiger partial charge on any atom is -0.207 e. The minimum atomic E-state index is -3.58. The molecule has 1 fully saturated rings. The average Bonchev–Trinajstić information content (AvgIpc) is 2.40. The molecule has 19 heavy (non-hydrogen) atoms. The highest BCUT2D eigenvalue weighted by Crippen LogP contribution is 2.27. The van der Waals surface area contributed by atoms with E-state index in [0.717, 1.165) is 31.7 Å². The van der Waals surface area contributed by atoms with Gasteiger partial charge in [-0.3, -0.25) is 0 Å². The van der Waals surface area contributed by atoms with Crippen LogP contribution >= 0.6 is 0 Å². The third-order valence-corrected chi connectivity index (χ3v) is 5.72. The zero-order chi connectivity index (χ0) is 13.9. The van der Waals surface area contributed by atoms with Crippen molar-refractivity contribution in [2.45, 2.75) is 50.0 Å². The van der Waals surface area contributed by atoms with Gasteiger partial charge in [-0.25, -0.2) is 12.8 Å². The van der Waals surface area contributed by atoms with Gasteiger partial charge in [-0.05, 0) is 31.0 Å². The predicted molar refractivity (Wildman–Crippen MR) is 72.8 cm³/mol. The van der Waals surface area contributed by atoms with E-state index in [1.54, 1.807) is 0 Å². The topological polar surface area (TPSA) is 37.4 Å². The van der Waals surface area contributed by atoms with Gasteiger partial charge in [0.05, 0.1) is 4.90 Å². The molecule has 5 heteroatoms. The van der Waals surface area contributed by atoms with Crippen molar-refractivity contribution in [3.63, 3.8) is 0 Å². The van der Waals surface area contributed by atoms with Crippen LogP contribution in [-0.2, 0) is 10.0 Å². The van der Waals surface area contributed by atoms with Crippen molar-refractivity contribution in [1.29, 1.82) is 0 Å². The summed E-state index contributed by atoms with van der Waals surface area (Å²) in [6.07, 6.45) is 5.12. The van der Waals surface area contributed by atoms with Crippen LogP contribution in [0.4, 0.5) is 4.39 Å². The fourth-order valence-corrected chi connectivity index (χ4v) is 4.48. The number of benzene rings is 1. The molecule has 0 aliphatic heterocycles. The third kappa shape index (κ3) is 3.15. The molecular weight excluding hydrogens is 265 g/mol. The molecule has 1 aromatic rings. The Morgan fingerprint density at radius 2 is 1.95 bits per heavy atom. The highest BCUT2D eigenvalue weighted by atomic mass is 32.2. The van der Waals surface area contributed by atoms with Crippen molar-refractivity contribution >= 4 is 10.0 Å². The summed E-state index contributed by atoms with van der Waals surface area (Å²) in [5, 5.41) is 0. The molecule has 0 bridgehead atoms. The smallest absolute Gasteiger partial charge is 0.207 e. The Bertz CT molecular complexity index is 524. The van der Waals surface area contributed by atoms with E-state index in [-0.39, 0.29) is 10.9 Å². The summed E-state index contributed by atoms with van der Waals surface area (Å²) in [6.45, 7) is 2.27. The zero-order valence-corrected chi connectivity index (χ0v) is 12.0. The van der Waals surface area contributed by atoms with E-state index in [1.807, 2.05) is 6.92 Å². The molecule has 1 aliphatic rings. The third-order valence-electron chi connectivity index (χ3n) is 3.70. The highest BCUT2D eigenvalue weighted by Gasteiger charge is 2.31. The van der Waals surface area contributed by atoms with Gasteiger partial charge in [0.25, 0.3) is 0 Å². The average molecular weight is 285 g/mol. The molecular formula is C14H20FNO2S. The van der Waals surface area contributed by atoms with Crippen molar-refractivity contribution in [3.05, 3.63) is 30.1 Å². The van der Waals surface area contributed by atoms with Crippen molar-refractivity contribution in [2.75, 3.05) is 6.54 Å². The number of nitrogens with zero attached hydrogens (tertiary/aromatic N) is 1. The number of rotatable bonds is 4. The maximum absolute atomic E-state index is 13.2. The molecule has 0 aromatic heterocycles. The first-order chi connectivity index (χ1) is 9.05. The second-order valence-electron chi connectivity index (χ2n) is 4.96. The van der Waals surface area contributed by atoms with E-state index in [1.165, 1.54) is 28.9 Å². The lowest BCUT2D eigenvalue weighted by atomic mass is 9.95. The Kier molecular flexibility index (Phi) is 4.58. The van der Waals surface area contributed by atoms with Crippen LogP contribution in [0.5, 0.6) is 0 Å². The van der Waals surface area contributed by atoms with E-state index in [2.05, 4.69) is 0 Å². The first-order valence-electron chi connectivity index (χ1n) is 6.83. The van der Waals surface area contributed by atoms with Crippen LogP contribution in [0.3, 0.4) is 0 Å². The lowest BCUT2D eigenvalue weighted by Crippen LogP contribution is -2.41. The normalized spacial score (nSPS) is 17.8. The van der Waals surface area contributed by atoms with Gasteiger partial charge in [0.2, 0.25) is 10.0 Å². The lowest BCUT2D eigenvalue weighted by molar-refractivity contribution is 0.261. The molecule has 2 rings (SSSR count). The number of sulfonamides is 1. The number of halogens is 1. The Hall–Kier alpha value is -0.940. The fraction of sp³-hybridized carbons (Fsp3) is 0.571. The molecule has 0 spiro atoms. The molecule has 0 heterocycles. The number of hydrogen-bond acceptors (Lipinski definition) is 2. The maximum Gasteiger partial charge on any atom is 0.243 e. The molecule has 0 atom stereocenters. The minimum absolute atomic E-state index is 0.0555. The summed E-state index contributed by atoms with van der Waals surface area (Å²) in [4.78, 5) is 0.0555. The van der Waals surface area contributed by atoms with Crippen molar-refractivity contribution in [1.82, 2.24) is 4.31 Å². The summed E-state index contributed by atoms with van der Waals surface area (Å²) >= 11 is 0. The quantitative estimate of drug-likeness (QED) is 0.852. The van der Waals surface area contributed by atoms with Gasteiger partial charge < -0.3 is 0 Å². The van der Waals surface area contributed by atoms with Gasteiger partial charge in [0, 0.05) is 12.6 Å². The molecule has 1 aliphatic carbocycles. The van der Waals surface area contributed by atoms with E-state index in [0.29, 0.717) is 6.54 Å². The molecule has 3 nitrogen and oxygen atoms in total. The second kappa shape index (κ2) is 6.01. The lowest BCUT2D eigenvalue weighted by Gasteiger charge is -2.32. The van der Waals surface area contributed by atoms with Crippen LogP contribution in [0.1, 0.15) is 39.0 Å². The zero-order valence-electron chi connectivity index (χ0n) is 11.2. The van der Waals surface area contributed by atoms with E-state index in [9.17, 15) is 12.8 Å². The first-order valence-corrected chi connectivity index (χ1v) is 8.27. The molecule has 1 saturated carbocycles. The van der Waals surface area contributed by atoms with E-state index < -0.39 is 15.8 Å². The molecule has 0 unspecified atom stereocenters. The number of hydrogen-bond donors (Lipinski definition) is 0. The summed E-state index contributed by atoms with van der Waals surface area (Å²) in [5.74, 6) is -0.513. The Morgan fingerprint density at radius 1 is 1.26 bits per heavy atom. The molecule has 0 amide bonds. The van der Waals surface area contributed by atoms with Crippen molar-refractivity contribution < 1.29 is 12.8 Å². The Balaban J connectivity index is 2.30. The summed E-state index contributed by atoms with van der Waals surface area (Å²) < 4.78 is 39.9. The molecule has 106 valence electrons. The van der Waals surface area contributed by atoms with Gasteiger partial charge in [-0.2, -0.15) is 4.31 Å². The maximum atomic E-state index is 13.2. The van der Waals surface area contributed by atoms with Crippen molar-refractivity contribution in [3.8, 4) is 0 Å². The summed E-state index contributed by atoms with van der Waals surface area (Å²) in [5.41, 5.74) is 0. The van der Waals surface area contributed by atoms with Crippen LogP contribution in [0, 0.1) is 5.82 Å². The van der Waals surface area contributed by atoms with Crippen LogP contribution < -0.4 is 0 Å².